The minimum absolute atomic E-state index is 0.0444. The molecule has 1 heterocycles. The van der Waals surface area contributed by atoms with Gasteiger partial charge in [0.25, 0.3) is 0 Å². The van der Waals surface area contributed by atoms with Gasteiger partial charge in [0.05, 0.1) is 17.6 Å². The summed E-state index contributed by atoms with van der Waals surface area (Å²) in [4.78, 5) is 3.96. The monoisotopic (exact) mass is 355 g/mol. The van der Waals surface area contributed by atoms with Crippen molar-refractivity contribution in [1.29, 1.82) is 0 Å². The van der Waals surface area contributed by atoms with Crippen molar-refractivity contribution in [3.8, 4) is 0 Å². The van der Waals surface area contributed by atoms with Crippen LogP contribution in [0.1, 0.15) is 22.9 Å². The van der Waals surface area contributed by atoms with E-state index >= 15 is 0 Å². The van der Waals surface area contributed by atoms with Crippen molar-refractivity contribution in [2.45, 2.75) is 31.1 Å². The molecule has 1 aliphatic carbocycles. The van der Waals surface area contributed by atoms with Gasteiger partial charge in [-0.15, -0.1) is 0 Å². The van der Waals surface area contributed by atoms with Crippen molar-refractivity contribution < 1.29 is 13.2 Å². The number of pyridine rings is 1. The summed E-state index contributed by atoms with van der Waals surface area (Å²) in [5, 5.41) is 6.28. The van der Waals surface area contributed by atoms with Crippen LogP contribution in [0, 0.1) is 0 Å². The number of aromatic nitrogens is 1. The van der Waals surface area contributed by atoms with Gasteiger partial charge in [0.2, 0.25) is 0 Å². The third-order valence-corrected chi connectivity index (χ3v) is 4.40. The Kier molecular flexibility index (Phi) is 4.69. The lowest BCUT2D eigenvalue weighted by Crippen LogP contribution is -2.32. The van der Waals surface area contributed by atoms with Crippen LogP contribution in [0.15, 0.2) is 36.5 Å². The molecule has 2 N–H and O–H groups in total. The number of fused-ring (bicyclic) bond motifs is 1. The zero-order valence-electron chi connectivity index (χ0n) is 13.0. The zero-order valence-corrected chi connectivity index (χ0v) is 13.7. The van der Waals surface area contributed by atoms with E-state index in [4.69, 9.17) is 11.6 Å². The Morgan fingerprint density at radius 1 is 1.17 bits per heavy atom. The summed E-state index contributed by atoms with van der Waals surface area (Å²) in [5.41, 5.74) is 3.11. The summed E-state index contributed by atoms with van der Waals surface area (Å²) in [7, 11) is 1.27. The molecule has 0 spiro atoms. The topological polar surface area (TPSA) is 37.0 Å². The number of nitrogens with one attached hydrogen (secondary N) is 2. The highest BCUT2D eigenvalue weighted by molar-refractivity contribution is 6.30. The Morgan fingerprint density at radius 3 is 2.54 bits per heavy atom. The molecular weight excluding hydrogens is 339 g/mol. The summed E-state index contributed by atoms with van der Waals surface area (Å²) < 4.78 is 38.7. The van der Waals surface area contributed by atoms with E-state index < -0.39 is 12.2 Å². The van der Waals surface area contributed by atoms with Crippen molar-refractivity contribution >= 4 is 17.3 Å². The van der Waals surface area contributed by atoms with Crippen LogP contribution in [0.25, 0.3) is 0 Å². The van der Waals surface area contributed by atoms with E-state index in [-0.39, 0.29) is 11.7 Å². The first-order valence-electron chi connectivity index (χ1n) is 7.60. The molecular formula is C17H17ClF3N3. The molecule has 0 saturated heterocycles. The van der Waals surface area contributed by atoms with Crippen molar-refractivity contribution in [1.82, 2.24) is 10.3 Å². The van der Waals surface area contributed by atoms with Crippen LogP contribution in [-0.4, -0.2) is 24.2 Å². The van der Waals surface area contributed by atoms with Gasteiger partial charge in [-0.25, -0.2) is 0 Å². The Bertz CT molecular complexity index is 716. The predicted molar refractivity (Wildman–Crippen MR) is 88.4 cm³/mol. The van der Waals surface area contributed by atoms with E-state index in [1.54, 1.807) is 6.07 Å². The smallest absolute Gasteiger partial charge is 0.380 e. The molecule has 128 valence electrons. The van der Waals surface area contributed by atoms with E-state index in [2.05, 4.69) is 15.6 Å². The molecule has 0 bridgehead atoms. The summed E-state index contributed by atoms with van der Waals surface area (Å²) in [6, 6.07) is 7.30. The van der Waals surface area contributed by atoms with Crippen LogP contribution in [0.5, 0.6) is 0 Å². The van der Waals surface area contributed by atoms with Gasteiger partial charge < -0.3 is 10.6 Å². The van der Waals surface area contributed by atoms with Gasteiger partial charge in [-0.05, 0) is 55.3 Å². The maximum Gasteiger partial charge on any atom is 0.409 e. The first kappa shape index (κ1) is 17.0. The van der Waals surface area contributed by atoms with Crippen LogP contribution in [0.2, 0.25) is 5.02 Å². The number of benzene rings is 1. The molecule has 3 rings (SSSR count). The molecule has 24 heavy (non-hydrogen) atoms. The van der Waals surface area contributed by atoms with Crippen LogP contribution < -0.4 is 10.6 Å². The summed E-state index contributed by atoms with van der Waals surface area (Å²) in [6.07, 6.45) is -1.24. The molecule has 0 fully saturated rings. The minimum Gasteiger partial charge on any atom is -0.380 e. The van der Waals surface area contributed by atoms with Crippen LogP contribution in [0.3, 0.4) is 0 Å². The van der Waals surface area contributed by atoms with Gasteiger partial charge in [-0.2, -0.15) is 13.2 Å². The summed E-state index contributed by atoms with van der Waals surface area (Å²) in [6.45, 7) is 0. The summed E-state index contributed by atoms with van der Waals surface area (Å²) >= 11 is 6.00. The Labute approximate surface area is 143 Å². The summed E-state index contributed by atoms with van der Waals surface area (Å²) in [5.74, 6) is 0. The lowest BCUT2D eigenvalue weighted by molar-refractivity contribution is -0.157. The molecule has 2 aromatic rings. The van der Waals surface area contributed by atoms with E-state index in [9.17, 15) is 13.2 Å². The molecule has 0 radical (unpaired) electrons. The van der Waals surface area contributed by atoms with E-state index in [1.165, 1.54) is 30.4 Å². The number of anilines is 1. The fraction of sp³-hybridized carbons (Fsp3) is 0.353. The number of hydrogen-bond donors (Lipinski definition) is 2. The Hall–Kier alpha value is -1.79. The Morgan fingerprint density at radius 2 is 1.92 bits per heavy atom. The average molecular weight is 356 g/mol. The molecule has 3 nitrogen and oxygen atoms in total. The third-order valence-electron chi connectivity index (χ3n) is 4.17. The number of halogens is 4. The fourth-order valence-corrected chi connectivity index (χ4v) is 3.26. The third kappa shape index (κ3) is 3.65. The molecule has 2 atom stereocenters. The lowest BCUT2D eigenvalue weighted by atomic mass is 10.1. The first-order chi connectivity index (χ1) is 11.4. The molecule has 1 aliphatic rings. The highest BCUT2D eigenvalue weighted by Crippen LogP contribution is 2.32. The molecule has 1 aromatic heterocycles. The second-order valence-corrected chi connectivity index (χ2v) is 6.33. The van der Waals surface area contributed by atoms with Gasteiger partial charge >= 0.3 is 6.18 Å². The average Bonchev–Trinajstić information content (AvgIpc) is 2.89. The van der Waals surface area contributed by atoms with E-state index in [0.717, 1.165) is 12.8 Å². The van der Waals surface area contributed by atoms with Gasteiger partial charge in [0.15, 0.2) is 0 Å². The van der Waals surface area contributed by atoms with Gasteiger partial charge in [0.1, 0.15) is 6.04 Å². The Balaban J connectivity index is 1.67. The van der Waals surface area contributed by atoms with Crippen molar-refractivity contribution in [3.63, 3.8) is 0 Å². The standard InChI is InChI=1S/C17H17ClF3N3/c1-22-16(17(19,20)21)15-5-4-13(9-23-15)24-14-7-10-2-3-12(18)6-11(10)8-14/h2-6,9,14,16,22,24H,7-8H2,1H3/t14-,16-/m0/s1. The lowest BCUT2D eigenvalue weighted by Gasteiger charge is -2.19. The molecule has 0 aliphatic heterocycles. The number of hydrogen-bond acceptors (Lipinski definition) is 3. The van der Waals surface area contributed by atoms with Crippen LogP contribution in [-0.2, 0) is 12.8 Å². The van der Waals surface area contributed by atoms with Crippen molar-refractivity contribution in [2.75, 3.05) is 12.4 Å². The highest BCUT2D eigenvalue weighted by atomic mass is 35.5. The van der Waals surface area contributed by atoms with Crippen molar-refractivity contribution in [3.05, 3.63) is 58.4 Å². The second kappa shape index (κ2) is 6.61. The first-order valence-corrected chi connectivity index (χ1v) is 7.98. The molecule has 0 amide bonds. The highest BCUT2D eigenvalue weighted by Gasteiger charge is 2.40. The normalized spacial score (nSPS) is 18.3. The molecule has 1 aromatic carbocycles. The number of alkyl halides is 3. The molecule has 7 heteroatoms. The number of rotatable bonds is 4. The molecule has 0 saturated carbocycles. The van der Waals surface area contributed by atoms with E-state index in [0.29, 0.717) is 10.7 Å². The largest absolute Gasteiger partial charge is 0.409 e. The maximum absolute atomic E-state index is 12.9. The quantitative estimate of drug-likeness (QED) is 0.865. The van der Waals surface area contributed by atoms with Gasteiger partial charge in [-0.3, -0.25) is 4.98 Å². The zero-order chi connectivity index (χ0) is 17.3. The SMILES string of the molecule is CN[C@@H](c1ccc(N[C@H]2Cc3ccc(Cl)cc3C2)cn1)C(F)(F)F. The van der Waals surface area contributed by atoms with Gasteiger partial charge in [-0.1, -0.05) is 17.7 Å². The molecule has 0 unspecified atom stereocenters. The van der Waals surface area contributed by atoms with Crippen LogP contribution in [0.4, 0.5) is 18.9 Å². The van der Waals surface area contributed by atoms with E-state index in [1.807, 2.05) is 18.2 Å². The van der Waals surface area contributed by atoms with Gasteiger partial charge in [0, 0.05) is 11.1 Å². The predicted octanol–water partition coefficient (Wildman–Crippen LogP) is 4.14. The second-order valence-electron chi connectivity index (χ2n) is 5.90. The maximum atomic E-state index is 12.9. The minimum atomic E-state index is -4.37. The fourth-order valence-electron chi connectivity index (χ4n) is 3.07. The number of nitrogens with zero attached hydrogens (tertiary/aromatic N) is 1. The van der Waals surface area contributed by atoms with Crippen molar-refractivity contribution in [2.24, 2.45) is 0 Å². The van der Waals surface area contributed by atoms with Crippen LogP contribution >= 0.6 is 11.6 Å².